The normalized spacial score (nSPS) is 16.6. The molecule has 1 aliphatic rings. The molecular formula is C23H24FN7O2. The van der Waals surface area contributed by atoms with E-state index in [2.05, 4.69) is 30.6 Å². The number of ether oxygens (including phenoxy) is 2. The molecule has 170 valence electrons. The molecule has 0 radical (unpaired) electrons. The lowest BCUT2D eigenvalue weighted by atomic mass is 10.0. The van der Waals surface area contributed by atoms with Gasteiger partial charge in [-0.2, -0.15) is 9.97 Å². The van der Waals surface area contributed by atoms with Gasteiger partial charge in [-0.15, -0.1) is 0 Å². The quantitative estimate of drug-likeness (QED) is 0.424. The molecule has 3 aromatic heterocycles. The van der Waals surface area contributed by atoms with Gasteiger partial charge < -0.3 is 25.8 Å². The van der Waals surface area contributed by atoms with Crippen molar-refractivity contribution >= 4 is 33.4 Å². The lowest BCUT2D eigenvalue weighted by molar-refractivity contribution is 0.205. The molecule has 5 rings (SSSR count). The number of aromatic nitrogens is 4. The van der Waals surface area contributed by atoms with Crippen LogP contribution in [0.15, 0.2) is 30.3 Å². The van der Waals surface area contributed by atoms with Crippen molar-refractivity contribution < 1.29 is 13.9 Å². The van der Waals surface area contributed by atoms with Crippen LogP contribution in [-0.2, 0) is 0 Å². The monoisotopic (exact) mass is 449 g/mol. The van der Waals surface area contributed by atoms with Gasteiger partial charge in [0.05, 0.1) is 18.7 Å². The third-order valence-corrected chi connectivity index (χ3v) is 5.55. The number of benzene rings is 1. The van der Waals surface area contributed by atoms with E-state index in [1.54, 1.807) is 12.1 Å². The van der Waals surface area contributed by atoms with Crippen LogP contribution < -0.4 is 25.8 Å². The molecule has 0 saturated carbocycles. The minimum absolute atomic E-state index is 0.0446. The van der Waals surface area contributed by atoms with E-state index in [1.165, 1.54) is 7.11 Å². The fourth-order valence-electron chi connectivity index (χ4n) is 3.91. The van der Waals surface area contributed by atoms with Gasteiger partial charge in [0.15, 0.2) is 5.82 Å². The predicted molar refractivity (Wildman–Crippen MR) is 125 cm³/mol. The number of anilines is 2. The van der Waals surface area contributed by atoms with Crippen LogP contribution in [0.2, 0.25) is 0 Å². The SMILES string of the molecule is COc1nc2c3c(nc(-c4cccc5ccc(N)nc45)c(F)c3n1)OC(C)CCNCCN2. The van der Waals surface area contributed by atoms with E-state index in [9.17, 15) is 0 Å². The first-order valence-electron chi connectivity index (χ1n) is 10.8. The van der Waals surface area contributed by atoms with Gasteiger partial charge in [-0.05, 0) is 32.0 Å². The fourth-order valence-corrected chi connectivity index (χ4v) is 3.91. The first-order chi connectivity index (χ1) is 16.0. The zero-order chi connectivity index (χ0) is 22.9. The summed E-state index contributed by atoms with van der Waals surface area (Å²) in [4.78, 5) is 17.8. The minimum Gasteiger partial charge on any atom is -0.474 e. The van der Waals surface area contributed by atoms with Crippen molar-refractivity contribution in [1.29, 1.82) is 0 Å². The van der Waals surface area contributed by atoms with E-state index in [1.807, 2.05) is 25.1 Å². The summed E-state index contributed by atoms with van der Waals surface area (Å²) in [7, 11) is 1.44. The van der Waals surface area contributed by atoms with Crippen LogP contribution in [0.1, 0.15) is 13.3 Å². The Morgan fingerprint density at radius 3 is 2.79 bits per heavy atom. The number of nitrogens with two attached hydrogens (primary N) is 1. The second-order valence-corrected chi connectivity index (χ2v) is 7.87. The summed E-state index contributed by atoms with van der Waals surface area (Å²) in [5.41, 5.74) is 7.10. The van der Waals surface area contributed by atoms with Crippen molar-refractivity contribution in [1.82, 2.24) is 25.3 Å². The zero-order valence-electron chi connectivity index (χ0n) is 18.4. The van der Waals surface area contributed by atoms with Gasteiger partial charge in [0.1, 0.15) is 28.2 Å². The van der Waals surface area contributed by atoms with Gasteiger partial charge in [0.2, 0.25) is 5.88 Å². The number of rotatable bonds is 2. The maximum absolute atomic E-state index is 16.1. The highest BCUT2D eigenvalue weighted by molar-refractivity contribution is 5.99. The molecule has 0 aliphatic carbocycles. The number of nitrogen functional groups attached to an aromatic ring is 1. The van der Waals surface area contributed by atoms with Gasteiger partial charge in [0, 0.05) is 24.0 Å². The molecule has 1 aliphatic heterocycles. The molecule has 0 amide bonds. The molecule has 10 heteroatoms. The van der Waals surface area contributed by atoms with E-state index in [0.29, 0.717) is 41.2 Å². The lowest BCUT2D eigenvalue weighted by Crippen LogP contribution is -2.26. The molecule has 4 aromatic rings. The van der Waals surface area contributed by atoms with Crippen molar-refractivity contribution in [2.24, 2.45) is 0 Å². The molecule has 9 nitrogen and oxygen atoms in total. The average Bonchev–Trinajstić information content (AvgIpc) is 2.85. The second-order valence-electron chi connectivity index (χ2n) is 7.87. The first-order valence-corrected chi connectivity index (χ1v) is 10.8. The Morgan fingerprint density at radius 2 is 1.94 bits per heavy atom. The molecule has 0 fully saturated rings. The van der Waals surface area contributed by atoms with Crippen LogP contribution in [0.3, 0.4) is 0 Å². The van der Waals surface area contributed by atoms with Crippen molar-refractivity contribution in [3.05, 3.63) is 36.1 Å². The summed E-state index contributed by atoms with van der Waals surface area (Å²) in [6.45, 7) is 4.03. The average molecular weight is 449 g/mol. The molecule has 0 spiro atoms. The number of methoxy groups -OCH3 is 1. The third-order valence-electron chi connectivity index (χ3n) is 5.55. The zero-order valence-corrected chi connectivity index (χ0v) is 18.4. The summed E-state index contributed by atoms with van der Waals surface area (Å²) in [5, 5.41) is 7.76. The first kappa shape index (κ1) is 21.1. The predicted octanol–water partition coefficient (Wildman–Crippen LogP) is 3.14. The van der Waals surface area contributed by atoms with Crippen LogP contribution >= 0.6 is 0 Å². The molecule has 0 saturated heterocycles. The number of nitrogens with zero attached hydrogens (tertiary/aromatic N) is 4. The highest BCUT2D eigenvalue weighted by Gasteiger charge is 2.25. The Morgan fingerprint density at radius 1 is 1.06 bits per heavy atom. The second kappa shape index (κ2) is 8.62. The van der Waals surface area contributed by atoms with Crippen molar-refractivity contribution in [2.45, 2.75) is 19.4 Å². The minimum atomic E-state index is -0.613. The number of para-hydroxylation sites is 1. The van der Waals surface area contributed by atoms with Crippen LogP contribution in [0.5, 0.6) is 11.9 Å². The molecule has 4 heterocycles. The van der Waals surface area contributed by atoms with E-state index in [0.717, 1.165) is 18.4 Å². The van der Waals surface area contributed by atoms with Gasteiger partial charge in [-0.3, -0.25) is 0 Å². The van der Waals surface area contributed by atoms with Gasteiger partial charge in [-0.25, -0.2) is 14.4 Å². The largest absolute Gasteiger partial charge is 0.474 e. The highest BCUT2D eigenvalue weighted by atomic mass is 19.1. The van der Waals surface area contributed by atoms with Gasteiger partial charge in [0.25, 0.3) is 0 Å². The summed E-state index contributed by atoms with van der Waals surface area (Å²) in [6, 6.07) is 9.07. The molecule has 0 bridgehead atoms. The van der Waals surface area contributed by atoms with Crippen LogP contribution in [0.4, 0.5) is 16.0 Å². The van der Waals surface area contributed by atoms with Gasteiger partial charge in [-0.1, -0.05) is 18.2 Å². The third kappa shape index (κ3) is 3.93. The standard InChI is InChI=1S/C23H24FN7O2/c1-12-8-9-26-10-11-27-21-16-20(30-23(31-21)32-2)17(24)19(29-22(16)33-12)14-5-3-4-13-6-7-15(25)28-18(13)14/h3-7,12,26H,8-11H2,1-2H3,(H2,25,28)(H,27,30,31). The summed E-state index contributed by atoms with van der Waals surface area (Å²) in [5.74, 6) is 0.379. The maximum atomic E-state index is 16.1. The van der Waals surface area contributed by atoms with Crippen LogP contribution in [0, 0.1) is 5.82 Å². The van der Waals surface area contributed by atoms with E-state index < -0.39 is 5.82 Å². The van der Waals surface area contributed by atoms with Crippen molar-refractivity contribution in [3.8, 4) is 23.1 Å². The summed E-state index contributed by atoms with van der Waals surface area (Å²) in [6.07, 6.45) is 0.593. The number of halogens is 1. The smallest absolute Gasteiger partial charge is 0.318 e. The number of fused-ring (bicyclic) bond motifs is 1. The fraction of sp³-hybridized carbons (Fsp3) is 0.304. The maximum Gasteiger partial charge on any atom is 0.318 e. The van der Waals surface area contributed by atoms with E-state index >= 15 is 4.39 Å². The Hall–Kier alpha value is -3.79. The highest BCUT2D eigenvalue weighted by Crippen LogP contribution is 2.38. The van der Waals surface area contributed by atoms with Gasteiger partial charge >= 0.3 is 6.01 Å². The molecule has 1 atom stereocenters. The number of pyridine rings is 2. The van der Waals surface area contributed by atoms with Crippen LogP contribution in [-0.4, -0.2) is 52.8 Å². The number of hydrogen-bond donors (Lipinski definition) is 3. The van der Waals surface area contributed by atoms with E-state index in [-0.39, 0.29) is 29.2 Å². The summed E-state index contributed by atoms with van der Waals surface area (Å²) < 4.78 is 27.5. The molecular weight excluding hydrogens is 425 g/mol. The molecule has 1 aromatic carbocycles. The summed E-state index contributed by atoms with van der Waals surface area (Å²) >= 11 is 0. The topological polar surface area (TPSA) is 120 Å². The molecule has 1 unspecified atom stereocenters. The molecule has 33 heavy (non-hydrogen) atoms. The Bertz CT molecular complexity index is 1350. The Kier molecular flexibility index (Phi) is 5.51. The van der Waals surface area contributed by atoms with E-state index in [4.69, 9.17) is 15.2 Å². The van der Waals surface area contributed by atoms with Crippen molar-refractivity contribution in [3.63, 3.8) is 0 Å². The number of hydrogen-bond acceptors (Lipinski definition) is 9. The van der Waals surface area contributed by atoms with Crippen LogP contribution in [0.25, 0.3) is 33.1 Å². The molecule has 4 N–H and O–H groups in total. The number of nitrogens with one attached hydrogen (secondary N) is 2. The Labute approximate surface area is 189 Å². The lowest BCUT2D eigenvalue weighted by Gasteiger charge is -2.18. The van der Waals surface area contributed by atoms with Crippen molar-refractivity contribution in [2.75, 3.05) is 37.8 Å². The Balaban J connectivity index is 1.82.